The molecule has 1 aliphatic carbocycles. The van der Waals surface area contributed by atoms with Crippen LogP contribution in [-0.2, 0) is 16.0 Å². The lowest BCUT2D eigenvalue weighted by Gasteiger charge is -2.41. The zero-order valence-electron chi connectivity index (χ0n) is 17.3. The van der Waals surface area contributed by atoms with Crippen molar-refractivity contribution < 1.29 is 9.59 Å². The molecular formula is C24H28Cl2N2O2. The van der Waals surface area contributed by atoms with Crippen LogP contribution in [0.5, 0.6) is 0 Å². The van der Waals surface area contributed by atoms with E-state index in [-0.39, 0.29) is 23.7 Å². The highest BCUT2D eigenvalue weighted by Gasteiger charge is 2.39. The molecule has 2 atom stereocenters. The summed E-state index contributed by atoms with van der Waals surface area (Å²) in [5, 5.41) is 5.04. The van der Waals surface area contributed by atoms with E-state index in [9.17, 15) is 9.59 Å². The Bertz CT molecular complexity index is 901. The quantitative estimate of drug-likeness (QED) is 0.704. The Morgan fingerprint density at radius 1 is 1.13 bits per heavy atom. The van der Waals surface area contributed by atoms with Gasteiger partial charge in [-0.25, -0.2) is 0 Å². The van der Waals surface area contributed by atoms with E-state index in [0.717, 1.165) is 43.8 Å². The summed E-state index contributed by atoms with van der Waals surface area (Å²) in [5.74, 6) is 0.828. The Hall–Kier alpha value is -1.78. The van der Waals surface area contributed by atoms with Gasteiger partial charge in [-0.15, -0.1) is 0 Å². The maximum Gasteiger partial charge on any atom is 0.223 e. The normalized spacial score (nSPS) is 23.7. The topological polar surface area (TPSA) is 49.4 Å². The Morgan fingerprint density at radius 2 is 1.90 bits per heavy atom. The molecule has 0 aromatic heterocycles. The van der Waals surface area contributed by atoms with Crippen molar-refractivity contribution in [3.05, 3.63) is 57.2 Å². The molecule has 4 nitrogen and oxygen atoms in total. The summed E-state index contributed by atoms with van der Waals surface area (Å²) in [6.45, 7) is 3.01. The van der Waals surface area contributed by atoms with Gasteiger partial charge >= 0.3 is 0 Å². The predicted molar refractivity (Wildman–Crippen MR) is 121 cm³/mol. The van der Waals surface area contributed by atoms with Crippen molar-refractivity contribution in [1.29, 1.82) is 0 Å². The first-order chi connectivity index (χ1) is 14.4. The van der Waals surface area contributed by atoms with Crippen molar-refractivity contribution >= 4 is 34.9 Å². The number of nitrogens with zero attached hydrogens (tertiary/aromatic N) is 1. The summed E-state index contributed by atoms with van der Waals surface area (Å²) in [7, 11) is 0. The first kappa shape index (κ1) is 21.5. The van der Waals surface area contributed by atoms with E-state index in [1.165, 1.54) is 23.6 Å². The minimum atomic E-state index is 0.0670. The van der Waals surface area contributed by atoms with Gasteiger partial charge in [-0.05, 0) is 79.6 Å². The molecule has 4 rings (SSSR count). The first-order valence-electron chi connectivity index (χ1n) is 10.8. The van der Waals surface area contributed by atoms with Gasteiger partial charge in [-0.2, -0.15) is 0 Å². The molecule has 1 aromatic rings. The molecule has 2 aliphatic heterocycles. The van der Waals surface area contributed by atoms with Crippen molar-refractivity contribution in [2.75, 3.05) is 13.1 Å². The number of nitrogens with one attached hydrogen (secondary N) is 1. The Balaban J connectivity index is 1.58. The van der Waals surface area contributed by atoms with Crippen LogP contribution in [0, 0.1) is 5.92 Å². The van der Waals surface area contributed by atoms with Gasteiger partial charge < -0.3 is 15.0 Å². The SMILES string of the molecule is CC(=O)CCC(=O)N1CCC(C2c3c(Cl)cc(Cl)cc3CCC3=CC=CNC32)CC1. The molecule has 2 heterocycles. The Kier molecular flexibility index (Phi) is 6.54. The third kappa shape index (κ3) is 4.45. The number of halogens is 2. The zero-order valence-corrected chi connectivity index (χ0v) is 18.8. The smallest absolute Gasteiger partial charge is 0.223 e. The lowest BCUT2D eigenvalue weighted by atomic mass is 9.73. The molecule has 0 saturated carbocycles. The fourth-order valence-corrected chi connectivity index (χ4v) is 5.90. The Morgan fingerprint density at radius 3 is 2.63 bits per heavy atom. The van der Waals surface area contributed by atoms with Gasteiger partial charge in [-0.1, -0.05) is 29.3 Å². The monoisotopic (exact) mass is 446 g/mol. The number of ketones is 1. The van der Waals surface area contributed by atoms with E-state index in [1.54, 1.807) is 0 Å². The summed E-state index contributed by atoms with van der Waals surface area (Å²) in [6, 6.07) is 4.16. The van der Waals surface area contributed by atoms with Crippen molar-refractivity contribution in [3.63, 3.8) is 0 Å². The number of allylic oxidation sites excluding steroid dienone is 2. The number of hydrogen-bond acceptors (Lipinski definition) is 3. The molecule has 1 aromatic carbocycles. The molecule has 0 bridgehead atoms. The highest BCUT2D eigenvalue weighted by atomic mass is 35.5. The van der Waals surface area contributed by atoms with Crippen LogP contribution in [0.3, 0.4) is 0 Å². The molecule has 1 fully saturated rings. The second kappa shape index (κ2) is 9.15. The molecule has 6 heteroatoms. The van der Waals surface area contributed by atoms with E-state index in [0.29, 0.717) is 23.8 Å². The van der Waals surface area contributed by atoms with Crippen LogP contribution in [0.2, 0.25) is 10.0 Å². The number of Topliss-reactive ketones (excluding diaryl/α,β-unsaturated/α-hetero) is 1. The molecule has 30 heavy (non-hydrogen) atoms. The molecule has 1 N–H and O–H groups in total. The zero-order chi connectivity index (χ0) is 21.3. The minimum Gasteiger partial charge on any atom is -0.384 e. The third-order valence-corrected chi connectivity index (χ3v) is 7.26. The van der Waals surface area contributed by atoms with E-state index < -0.39 is 0 Å². The first-order valence-corrected chi connectivity index (χ1v) is 11.6. The summed E-state index contributed by atoms with van der Waals surface area (Å²) in [4.78, 5) is 25.6. The number of benzene rings is 1. The summed E-state index contributed by atoms with van der Waals surface area (Å²) < 4.78 is 0. The number of fused-ring (bicyclic) bond motifs is 2. The number of carbonyl (C=O) groups excluding carboxylic acids is 2. The van der Waals surface area contributed by atoms with Gasteiger partial charge in [0, 0.05) is 41.9 Å². The van der Waals surface area contributed by atoms with Gasteiger partial charge in [0.15, 0.2) is 0 Å². The third-order valence-electron chi connectivity index (χ3n) is 6.73. The van der Waals surface area contributed by atoms with Gasteiger partial charge in [-0.3, -0.25) is 4.79 Å². The van der Waals surface area contributed by atoms with Crippen LogP contribution in [0.25, 0.3) is 0 Å². The molecule has 1 saturated heterocycles. The van der Waals surface area contributed by atoms with Gasteiger partial charge in [0.05, 0.1) is 6.04 Å². The number of aryl methyl sites for hydroxylation is 1. The van der Waals surface area contributed by atoms with Crippen LogP contribution < -0.4 is 5.32 Å². The average Bonchev–Trinajstić information content (AvgIpc) is 2.89. The molecule has 160 valence electrons. The minimum absolute atomic E-state index is 0.0670. The van der Waals surface area contributed by atoms with Gasteiger partial charge in [0.1, 0.15) is 5.78 Å². The van der Waals surface area contributed by atoms with Gasteiger partial charge in [0.25, 0.3) is 0 Å². The van der Waals surface area contributed by atoms with E-state index in [4.69, 9.17) is 23.2 Å². The van der Waals surface area contributed by atoms with Crippen LogP contribution in [0.15, 0.2) is 36.1 Å². The maximum absolute atomic E-state index is 12.5. The highest BCUT2D eigenvalue weighted by Crippen LogP contribution is 2.46. The van der Waals surface area contributed by atoms with Crippen LogP contribution >= 0.6 is 23.2 Å². The lowest BCUT2D eigenvalue weighted by molar-refractivity contribution is -0.134. The number of piperidine rings is 1. The second-order valence-electron chi connectivity index (χ2n) is 8.65. The molecule has 3 aliphatic rings. The molecule has 1 amide bonds. The van der Waals surface area contributed by atoms with Crippen LogP contribution in [-0.4, -0.2) is 35.7 Å². The fourth-order valence-electron chi connectivity index (χ4n) is 5.24. The van der Waals surface area contributed by atoms with E-state index in [2.05, 4.69) is 23.5 Å². The predicted octanol–water partition coefficient (Wildman–Crippen LogP) is 5.04. The lowest BCUT2D eigenvalue weighted by Crippen LogP contribution is -2.44. The summed E-state index contributed by atoms with van der Waals surface area (Å²) in [6.07, 6.45) is 10.8. The number of rotatable bonds is 4. The standard InChI is InChI=1S/C24H28Cl2N2O2/c1-15(29)4-7-21(30)28-11-8-16(9-12-28)23-22-18(13-19(25)14-20(22)26)6-5-17-3-2-10-27-24(17)23/h2-3,10,13-14,16,23-24,27H,4-9,11-12H2,1H3. The Labute approximate surface area is 188 Å². The van der Waals surface area contributed by atoms with Crippen molar-refractivity contribution in [2.24, 2.45) is 5.92 Å². The van der Waals surface area contributed by atoms with Crippen molar-refractivity contribution in [3.8, 4) is 0 Å². The van der Waals surface area contributed by atoms with E-state index >= 15 is 0 Å². The number of carbonyl (C=O) groups is 2. The number of likely N-dealkylation sites (tertiary alicyclic amines) is 1. The molecule has 0 radical (unpaired) electrons. The van der Waals surface area contributed by atoms with Crippen LogP contribution in [0.1, 0.15) is 56.1 Å². The highest BCUT2D eigenvalue weighted by molar-refractivity contribution is 6.35. The molecule has 2 unspecified atom stereocenters. The van der Waals surface area contributed by atoms with Crippen molar-refractivity contribution in [2.45, 2.75) is 57.4 Å². The largest absolute Gasteiger partial charge is 0.384 e. The molecule has 0 spiro atoms. The summed E-state index contributed by atoms with van der Waals surface area (Å²) >= 11 is 13.1. The fraction of sp³-hybridized carbons (Fsp3) is 0.500. The second-order valence-corrected chi connectivity index (χ2v) is 9.50. The van der Waals surface area contributed by atoms with Crippen molar-refractivity contribution in [1.82, 2.24) is 10.2 Å². The maximum atomic E-state index is 12.5. The number of dihydropyridines is 1. The number of hydrogen-bond donors (Lipinski definition) is 1. The summed E-state index contributed by atoms with van der Waals surface area (Å²) in [5.41, 5.74) is 3.87. The van der Waals surface area contributed by atoms with E-state index in [1.807, 2.05) is 17.2 Å². The average molecular weight is 447 g/mol. The molecular weight excluding hydrogens is 419 g/mol. The van der Waals surface area contributed by atoms with Gasteiger partial charge in [0.2, 0.25) is 5.91 Å². The number of amides is 1. The van der Waals surface area contributed by atoms with Crippen LogP contribution in [0.4, 0.5) is 0 Å².